The Morgan fingerprint density at radius 1 is 0.973 bits per heavy atom. The van der Waals surface area contributed by atoms with Crippen LogP contribution in [-0.2, 0) is 6.54 Å². The lowest BCUT2D eigenvalue weighted by atomic mass is 9.97. The maximum Gasteiger partial charge on any atom is 0.291 e. The average molecular weight is 500 g/mol. The van der Waals surface area contributed by atoms with Crippen LogP contribution in [0.5, 0.6) is 5.75 Å². The monoisotopic (exact) mass is 499 g/mol. The summed E-state index contributed by atoms with van der Waals surface area (Å²) in [5, 5.41) is 0.466. The molecule has 0 saturated heterocycles. The van der Waals surface area contributed by atoms with E-state index in [0.29, 0.717) is 23.1 Å². The number of unbranched alkanes of at least 4 members (excludes halogenated alkanes) is 2. The standard InChI is InChI=1S/C31H30FNO4/c1-4-5-6-15-36-24-13-9-22(10-14-24)27-26-28(34)25-17-19(2)16-20(3)29(25)37-30(26)31(35)33(27)18-21-7-11-23(32)12-8-21/h7-14,16-17,27H,4-6,15,18H2,1-3H3. The Hall–Kier alpha value is -3.93. The van der Waals surface area contributed by atoms with Gasteiger partial charge in [-0.1, -0.05) is 50.1 Å². The van der Waals surface area contributed by atoms with E-state index in [2.05, 4.69) is 6.92 Å². The quantitative estimate of drug-likeness (QED) is 0.248. The molecule has 6 heteroatoms. The second-order valence-corrected chi connectivity index (χ2v) is 9.72. The van der Waals surface area contributed by atoms with Crippen LogP contribution in [0.3, 0.4) is 0 Å². The normalized spacial score (nSPS) is 14.9. The fourth-order valence-corrected chi connectivity index (χ4v) is 5.06. The zero-order valence-electron chi connectivity index (χ0n) is 21.3. The number of aryl methyl sites for hydroxylation is 2. The number of hydrogen-bond acceptors (Lipinski definition) is 4. The highest BCUT2D eigenvalue weighted by Crippen LogP contribution is 2.40. The van der Waals surface area contributed by atoms with Crippen LogP contribution in [0.1, 0.15) is 70.6 Å². The van der Waals surface area contributed by atoms with Crippen molar-refractivity contribution in [1.29, 1.82) is 0 Å². The van der Waals surface area contributed by atoms with E-state index in [4.69, 9.17) is 9.15 Å². The fraction of sp³-hybridized carbons (Fsp3) is 0.290. The number of rotatable bonds is 8. The van der Waals surface area contributed by atoms with Crippen LogP contribution in [0, 0.1) is 19.7 Å². The molecule has 2 heterocycles. The van der Waals surface area contributed by atoms with E-state index in [0.717, 1.165) is 47.3 Å². The van der Waals surface area contributed by atoms with Crippen LogP contribution in [0.4, 0.5) is 4.39 Å². The van der Waals surface area contributed by atoms with Gasteiger partial charge in [-0.15, -0.1) is 0 Å². The fourth-order valence-electron chi connectivity index (χ4n) is 5.06. The Morgan fingerprint density at radius 3 is 2.41 bits per heavy atom. The number of amides is 1. The summed E-state index contributed by atoms with van der Waals surface area (Å²) in [4.78, 5) is 29.2. The van der Waals surface area contributed by atoms with Crippen LogP contribution in [-0.4, -0.2) is 17.4 Å². The molecular formula is C31H30FNO4. The molecule has 1 aliphatic heterocycles. The first kappa shape index (κ1) is 24.8. The van der Waals surface area contributed by atoms with Gasteiger partial charge in [0.1, 0.15) is 17.1 Å². The van der Waals surface area contributed by atoms with Crippen molar-refractivity contribution in [3.8, 4) is 5.75 Å². The van der Waals surface area contributed by atoms with Crippen molar-refractivity contribution in [1.82, 2.24) is 4.90 Å². The molecule has 4 aromatic rings. The molecule has 0 spiro atoms. The molecule has 0 bridgehead atoms. The van der Waals surface area contributed by atoms with E-state index in [9.17, 15) is 14.0 Å². The lowest BCUT2D eigenvalue weighted by molar-refractivity contribution is 0.0714. The summed E-state index contributed by atoms with van der Waals surface area (Å²) in [6.07, 6.45) is 3.22. The molecule has 1 amide bonds. The van der Waals surface area contributed by atoms with E-state index in [1.807, 2.05) is 50.2 Å². The lowest BCUT2D eigenvalue weighted by Gasteiger charge is -2.25. The molecule has 5 nitrogen and oxygen atoms in total. The number of halogens is 1. The van der Waals surface area contributed by atoms with Crippen LogP contribution < -0.4 is 10.2 Å². The van der Waals surface area contributed by atoms with Gasteiger partial charge in [0.25, 0.3) is 5.91 Å². The topological polar surface area (TPSA) is 59.8 Å². The second kappa shape index (κ2) is 10.2. The number of hydrogen-bond donors (Lipinski definition) is 0. The first-order chi connectivity index (χ1) is 17.9. The number of nitrogens with zero attached hydrogens (tertiary/aromatic N) is 1. The molecule has 0 fully saturated rings. The zero-order valence-corrected chi connectivity index (χ0v) is 21.3. The zero-order chi connectivity index (χ0) is 26.1. The molecule has 1 atom stereocenters. The Labute approximate surface area is 215 Å². The summed E-state index contributed by atoms with van der Waals surface area (Å²) in [7, 11) is 0. The van der Waals surface area contributed by atoms with Gasteiger partial charge in [0.15, 0.2) is 5.43 Å². The van der Waals surface area contributed by atoms with E-state index < -0.39 is 6.04 Å². The highest BCUT2D eigenvalue weighted by atomic mass is 19.1. The summed E-state index contributed by atoms with van der Waals surface area (Å²) in [6, 6.07) is 16.7. The maximum atomic E-state index is 13.9. The number of carbonyl (C=O) groups is 1. The van der Waals surface area contributed by atoms with Crippen molar-refractivity contribution in [2.24, 2.45) is 0 Å². The van der Waals surface area contributed by atoms with Gasteiger partial charge in [-0.25, -0.2) is 4.39 Å². The molecule has 0 aliphatic carbocycles. The molecule has 1 unspecified atom stereocenters. The van der Waals surface area contributed by atoms with Crippen molar-refractivity contribution >= 4 is 16.9 Å². The second-order valence-electron chi connectivity index (χ2n) is 9.72. The summed E-state index contributed by atoms with van der Waals surface area (Å²) in [6.45, 7) is 6.80. The Balaban J connectivity index is 1.59. The van der Waals surface area contributed by atoms with Crippen molar-refractivity contribution in [2.45, 2.75) is 52.6 Å². The van der Waals surface area contributed by atoms with Gasteiger partial charge < -0.3 is 14.1 Å². The number of carbonyl (C=O) groups excluding carboxylic acids is 1. The molecule has 0 N–H and O–H groups in total. The number of ether oxygens (including phenoxy) is 1. The smallest absolute Gasteiger partial charge is 0.291 e. The average Bonchev–Trinajstić information content (AvgIpc) is 3.16. The van der Waals surface area contributed by atoms with Crippen LogP contribution >= 0.6 is 0 Å². The van der Waals surface area contributed by atoms with Gasteiger partial charge in [-0.3, -0.25) is 9.59 Å². The van der Waals surface area contributed by atoms with Gasteiger partial charge in [-0.2, -0.15) is 0 Å². The largest absolute Gasteiger partial charge is 0.494 e. The summed E-state index contributed by atoms with van der Waals surface area (Å²) >= 11 is 0. The van der Waals surface area contributed by atoms with Gasteiger partial charge in [0.05, 0.1) is 23.6 Å². The minimum absolute atomic E-state index is 0.0662. The molecule has 37 heavy (non-hydrogen) atoms. The SMILES string of the molecule is CCCCCOc1ccc(C2c3c(oc4c(C)cc(C)cc4c3=O)C(=O)N2Cc2ccc(F)cc2)cc1. The molecule has 190 valence electrons. The first-order valence-electron chi connectivity index (χ1n) is 12.7. The lowest BCUT2D eigenvalue weighted by Crippen LogP contribution is -2.29. The van der Waals surface area contributed by atoms with Crippen molar-refractivity contribution in [3.63, 3.8) is 0 Å². The summed E-state index contributed by atoms with van der Waals surface area (Å²) in [5.41, 5.74) is 3.86. The van der Waals surface area contributed by atoms with Gasteiger partial charge in [0, 0.05) is 6.54 Å². The molecular weight excluding hydrogens is 469 g/mol. The highest BCUT2D eigenvalue weighted by molar-refractivity contribution is 5.99. The first-order valence-corrected chi connectivity index (χ1v) is 12.7. The summed E-state index contributed by atoms with van der Waals surface area (Å²) in [5.74, 6) is 0.103. The molecule has 0 saturated carbocycles. The third-order valence-corrected chi connectivity index (χ3v) is 6.88. The predicted molar refractivity (Wildman–Crippen MR) is 142 cm³/mol. The number of fused-ring (bicyclic) bond motifs is 2. The molecule has 1 aliphatic rings. The van der Waals surface area contributed by atoms with Crippen molar-refractivity contribution < 1.29 is 18.3 Å². The minimum atomic E-state index is -0.636. The highest BCUT2D eigenvalue weighted by Gasteiger charge is 2.42. The van der Waals surface area contributed by atoms with E-state index >= 15 is 0 Å². The number of benzene rings is 3. The maximum absolute atomic E-state index is 13.9. The van der Waals surface area contributed by atoms with E-state index in [-0.39, 0.29) is 29.5 Å². The van der Waals surface area contributed by atoms with Gasteiger partial charge in [0.2, 0.25) is 5.76 Å². The Morgan fingerprint density at radius 2 is 1.70 bits per heavy atom. The van der Waals surface area contributed by atoms with Gasteiger partial charge in [-0.05, 0) is 72.9 Å². The van der Waals surface area contributed by atoms with Crippen LogP contribution in [0.25, 0.3) is 11.0 Å². The van der Waals surface area contributed by atoms with Gasteiger partial charge >= 0.3 is 0 Å². The Bertz CT molecular complexity index is 1510. The van der Waals surface area contributed by atoms with Crippen LogP contribution in [0.2, 0.25) is 0 Å². The Kier molecular flexibility index (Phi) is 6.83. The van der Waals surface area contributed by atoms with Crippen molar-refractivity contribution in [2.75, 3.05) is 6.61 Å². The third-order valence-electron chi connectivity index (χ3n) is 6.88. The molecule has 1 aromatic heterocycles. The van der Waals surface area contributed by atoms with Crippen LogP contribution in [0.15, 0.2) is 69.9 Å². The third kappa shape index (κ3) is 4.76. The van der Waals surface area contributed by atoms with E-state index in [1.54, 1.807) is 17.0 Å². The molecule has 5 rings (SSSR count). The molecule has 0 radical (unpaired) electrons. The van der Waals surface area contributed by atoms with Crippen molar-refractivity contribution in [3.05, 3.63) is 110 Å². The minimum Gasteiger partial charge on any atom is -0.494 e. The summed E-state index contributed by atoms with van der Waals surface area (Å²) < 4.78 is 25.5. The van der Waals surface area contributed by atoms with E-state index in [1.165, 1.54) is 12.1 Å². The molecule has 3 aromatic carbocycles. The predicted octanol–water partition coefficient (Wildman–Crippen LogP) is 6.86.